The van der Waals surface area contributed by atoms with Crippen LogP contribution in [0.2, 0.25) is 0 Å². The van der Waals surface area contributed by atoms with Gasteiger partial charge in [-0.15, -0.1) is 11.8 Å². The molecule has 126 valence electrons. The van der Waals surface area contributed by atoms with E-state index in [2.05, 4.69) is 21.2 Å². The molecule has 4 nitrogen and oxygen atoms in total. The van der Waals surface area contributed by atoms with Gasteiger partial charge in [-0.1, -0.05) is 28.1 Å². The molecule has 0 unspecified atom stereocenters. The van der Waals surface area contributed by atoms with Gasteiger partial charge in [-0.05, 0) is 43.3 Å². The first-order valence-electron chi connectivity index (χ1n) is 7.47. The second kappa shape index (κ2) is 9.49. The minimum atomic E-state index is -0.132. The number of amides is 1. The van der Waals surface area contributed by atoms with Gasteiger partial charge in [0.15, 0.2) is 5.78 Å². The summed E-state index contributed by atoms with van der Waals surface area (Å²) in [7, 11) is 0. The molecule has 1 N–H and O–H groups in total. The highest BCUT2D eigenvalue weighted by Gasteiger charge is 2.08. The highest BCUT2D eigenvalue weighted by Crippen LogP contribution is 2.16. The average Bonchev–Trinajstić information content (AvgIpc) is 2.57. The Morgan fingerprint density at radius 3 is 2.33 bits per heavy atom. The van der Waals surface area contributed by atoms with Crippen LogP contribution in [0.1, 0.15) is 17.3 Å². The lowest BCUT2D eigenvalue weighted by Gasteiger charge is -2.07. The van der Waals surface area contributed by atoms with E-state index in [4.69, 9.17) is 4.74 Å². The van der Waals surface area contributed by atoms with E-state index in [1.54, 1.807) is 24.3 Å². The van der Waals surface area contributed by atoms with E-state index in [-0.39, 0.29) is 23.2 Å². The van der Waals surface area contributed by atoms with Gasteiger partial charge in [-0.3, -0.25) is 9.59 Å². The maximum absolute atomic E-state index is 12.0. The number of nitrogens with one attached hydrogen (secondary N) is 1. The number of Topliss-reactive ketones (excluding diaryl/α,β-unsaturated/α-hetero) is 1. The second-order valence-electron chi connectivity index (χ2n) is 4.93. The third kappa shape index (κ3) is 6.02. The molecule has 2 rings (SSSR count). The fourth-order valence-electron chi connectivity index (χ4n) is 1.95. The van der Waals surface area contributed by atoms with Crippen LogP contribution in [0.3, 0.4) is 0 Å². The van der Waals surface area contributed by atoms with Gasteiger partial charge in [-0.25, -0.2) is 0 Å². The highest BCUT2D eigenvalue weighted by atomic mass is 79.9. The Labute approximate surface area is 154 Å². The zero-order valence-corrected chi connectivity index (χ0v) is 15.7. The van der Waals surface area contributed by atoms with E-state index in [1.807, 2.05) is 31.2 Å². The normalized spacial score (nSPS) is 10.2. The maximum atomic E-state index is 12.0. The third-order valence-corrected chi connectivity index (χ3v) is 4.54. The van der Waals surface area contributed by atoms with Gasteiger partial charge in [-0.2, -0.15) is 0 Å². The van der Waals surface area contributed by atoms with Crippen LogP contribution >= 0.6 is 27.7 Å². The summed E-state index contributed by atoms with van der Waals surface area (Å²) in [5.41, 5.74) is 1.36. The van der Waals surface area contributed by atoms with Crippen molar-refractivity contribution in [2.24, 2.45) is 0 Å². The summed E-state index contributed by atoms with van der Waals surface area (Å²) in [5, 5.41) is 2.80. The van der Waals surface area contributed by atoms with E-state index in [9.17, 15) is 9.59 Å². The van der Waals surface area contributed by atoms with Crippen molar-refractivity contribution < 1.29 is 14.3 Å². The van der Waals surface area contributed by atoms with Gasteiger partial charge in [0.2, 0.25) is 5.91 Å². The van der Waals surface area contributed by atoms with Crippen molar-refractivity contribution in [3.05, 3.63) is 58.6 Å². The van der Waals surface area contributed by atoms with Crippen LogP contribution < -0.4 is 10.1 Å². The smallest absolute Gasteiger partial charge is 0.234 e. The second-order valence-corrected chi connectivity index (χ2v) is 6.83. The standard InChI is InChI=1S/C18H18BrNO3S/c1-2-23-16-9-7-15(8-10-16)20-18(22)12-24-11-17(21)13-3-5-14(19)6-4-13/h3-10H,2,11-12H2,1H3,(H,20,22). The largest absolute Gasteiger partial charge is 0.494 e. The molecule has 0 bridgehead atoms. The number of hydrogen-bond donors (Lipinski definition) is 1. The number of benzene rings is 2. The number of carbonyl (C=O) groups is 2. The minimum Gasteiger partial charge on any atom is -0.494 e. The fraction of sp³-hybridized carbons (Fsp3) is 0.222. The van der Waals surface area contributed by atoms with Crippen molar-refractivity contribution in [3.63, 3.8) is 0 Å². The molecule has 24 heavy (non-hydrogen) atoms. The lowest BCUT2D eigenvalue weighted by atomic mass is 10.2. The van der Waals surface area contributed by atoms with Crippen molar-refractivity contribution in [3.8, 4) is 5.75 Å². The van der Waals surface area contributed by atoms with Crippen LogP contribution in [0.15, 0.2) is 53.0 Å². The molecule has 0 aliphatic heterocycles. The summed E-state index contributed by atoms with van der Waals surface area (Å²) >= 11 is 4.63. The number of rotatable bonds is 8. The Morgan fingerprint density at radius 2 is 1.71 bits per heavy atom. The molecule has 2 aromatic rings. The molecule has 2 aromatic carbocycles. The van der Waals surface area contributed by atoms with Gasteiger partial charge in [0.1, 0.15) is 5.75 Å². The van der Waals surface area contributed by atoms with E-state index in [0.717, 1.165) is 10.2 Å². The zero-order chi connectivity index (χ0) is 17.4. The number of carbonyl (C=O) groups excluding carboxylic acids is 2. The van der Waals surface area contributed by atoms with Crippen molar-refractivity contribution in [1.82, 2.24) is 0 Å². The molecule has 0 atom stereocenters. The summed E-state index contributed by atoms with van der Waals surface area (Å²) in [6, 6.07) is 14.4. The zero-order valence-electron chi connectivity index (χ0n) is 13.3. The monoisotopic (exact) mass is 407 g/mol. The Morgan fingerprint density at radius 1 is 1.04 bits per heavy atom. The molecule has 0 heterocycles. The summed E-state index contributed by atoms with van der Waals surface area (Å²) < 4.78 is 6.28. The van der Waals surface area contributed by atoms with E-state index >= 15 is 0 Å². The molecule has 1 amide bonds. The molecule has 0 radical (unpaired) electrons. The van der Waals surface area contributed by atoms with Crippen LogP contribution in [0, 0.1) is 0 Å². The highest BCUT2D eigenvalue weighted by molar-refractivity contribution is 9.10. The SMILES string of the molecule is CCOc1ccc(NC(=O)CSCC(=O)c2ccc(Br)cc2)cc1. The fourth-order valence-corrected chi connectivity index (χ4v) is 2.93. The predicted molar refractivity (Wildman–Crippen MR) is 102 cm³/mol. The topological polar surface area (TPSA) is 55.4 Å². The molecule has 6 heteroatoms. The average molecular weight is 408 g/mol. The van der Waals surface area contributed by atoms with Gasteiger partial charge in [0.25, 0.3) is 0 Å². The molecule has 0 aromatic heterocycles. The maximum Gasteiger partial charge on any atom is 0.234 e. The number of ether oxygens (including phenoxy) is 1. The van der Waals surface area contributed by atoms with Crippen molar-refractivity contribution in [2.45, 2.75) is 6.92 Å². The van der Waals surface area contributed by atoms with Crippen LogP contribution in [-0.2, 0) is 4.79 Å². The quantitative estimate of drug-likeness (QED) is 0.658. The predicted octanol–water partition coefficient (Wildman–Crippen LogP) is 4.40. The van der Waals surface area contributed by atoms with Crippen LogP contribution in [0.4, 0.5) is 5.69 Å². The van der Waals surface area contributed by atoms with Gasteiger partial charge in [0.05, 0.1) is 18.1 Å². The van der Waals surface area contributed by atoms with Crippen molar-refractivity contribution in [1.29, 1.82) is 0 Å². The van der Waals surface area contributed by atoms with E-state index in [1.165, 1.54) is 11.8 Å². The molecule has 0 saturated carbocycles. The van der Waals surface area contributed by atoms with Gasteiger partial charge in [0, 0.05) is 15.7 Å². The molecular formula is C18H18BrNO3S. The Bertz CT molecular complexity index is 686. The van der Waals surface area contributed by atoms with Crippen molar-refractivity contribution >= 4 is 45.1 Å². The number of halogens is 1. The van der Waals surface area contributed by atoms with Gasteiger partial charge < -0.3 is 10.1 Å². The van der Waals surface area contributed by atoms with Crippen molar-refractivity contribution in [2.75, 3.05) is 23.4 Å². The molecule has 0 aliphatic rings. The first kappa shape index (κ1) is 18.5. The lowest BCUT2D eigenvalue weighted by Crippen LogP contribution is -2.15. The molecular weight excluding hydrogens is 390 g/mol. The number of hydrogen-bond acceptors (Lipinski definition) is 4. The van der Waals surface area contributed by atoms with Crippen LogP contribution in [0.25, 0.3) is 0 Å². The summed E-state index contributed by atoms with van der Waals surface area (Å²) in [6.45, 7) is 2.53. The minimum absolute atomic E-state index is 0.0152. The number of ketones is 1. The Balaban J connectivity index is 1.74. The molecule has 0 aliphatic carbocycles. The first-order valence-corrected chi connectivity index (χ1v) is 9.42. The van der Waals surface area contributed by atoms with E-state index < -0.39 is 0 Å². The molecule has 0 fully saturated rings. The lowest BCUT2D eigenvalue weighted by molar-refractivity contribution is -0.113. The summed E-state index contributed by atoms with van der Waals surface area (Å²) in [5.74, 6) is 1.16. The summed E-state index contributed by atoms with van der Waals surface area (Å²) in [6.07, 6.45) is 0. The third-order valence-electron chi connectivity index (χ3n) is 3.08. The number of thioether (sulfide) groups is 1. The first-order chi connectivity index (χ1) is 11.6. The van der Waals surface area contributed by atoms with E-state index in [0.29, 0.717) is 17.9 Å². The van der Waals surface area contributed by atoms with Crippen LogP contribution in [-0.4, -0.2) is 29.8 Å². The summed E-state index contributed by atoms with van der Waals surface area (Å²) in [4.78, 5) is 23.9. The number of anilines is 1. The Hall–Kier alpha value is -1.79. The van der Waals surface area contributed by atoms with Crippen LogP contribution in [0.5, 0.6) is 5.75 Å². The van der Waals surface area contributed by atoms with Gasteiger partial charge >= 0.3 is 0 Å². The molecule has 0 saturated heterocycles. The Kier molecular flexibility index (Phi) is 7.34. The molecule has 0 spiro atoms.